The summed E-state index contributed by atoms with van der Waals surface area (Å²) < 4.78 is 2.52. The predicted octanol–water partition coefficient (Wildman–Crippen LogP) is 3.95. The Kier molecular flexibility index (Phi) is 3.92. The van der Waals surface area contributed by atoms with Crippen molar-refractivity contribution >= 4 is 21.6 Å². The first-order valence-electron chi connectivity index (χ1n) is 6.54. The van der Waals surface area contributed by atoms with Crippen molar-refractivity contribution in [1.82, 2.24) is 9.78 Å². The maximum absolute atomic E-state index is 9.47. The number of hydrogen-bond donors (Lipinski definition) is 2. The zero-order valence-electron chi connectivity index (χ0n) is 11.2. The summed E-state index contributed by atoms with van der Waals surface area (Å²) in [5.74, 6) is 0.252. The third-order valence-corrected chi connectivity index (χ3v) is 3.78. The Balaban J connectivity index is 1.66. The van der Waals surface area contributed by atoms with E-state index in [1.165, 1.54) is 0 Å². The highest BCUT2D eigenvalue weighted by atomic mass is 79.9. The van der Waals surface area contributed by atoms with Gasteiger partial charge in [0.1, 0.15) is 5.75 Å². The molecule has 1 aromatic heterocycles. The third-order valence-electron chi connectivity index (χ3n) is 3.14. The summed E-state index contributed by atoms with van der Waals surface area (Å²) in [6, 6.07) is 15.4. The highest BCUT2D eigenvalue weighted by molar-refractivity contribution is 9.10. The molecule has 5 heteroatoms. The Hall–Kier alpha value is -2.27. The van der Waals surface area contributed by atoms with Crippen LogP contribution in [0.2, 0.25) is 0 Å². The van der Waals surface area contributed by atoms with Crippen LogP contribution in [0, 0.1) is 0 Å². The van der Waals surface area contributed by atoms with Crippen molar-refractivity contribution in [3.63, 3.8) is 0 Å². The SMILES string of the molecule is Oc1ccc(CNc2ccc(-n3cccn3)cc2)cc1Br. The summed E-state index contributed by atoms with van der Waals surface area (Å²) in [7, 11) is 0. The van der Waals surface area contributed by atoms with E-state index in [1.807, 2.05) is 53.3 Å². The van der Waals surface area contributed by atoms with E-state index in [4.69, 9.17) is 0 Å². The lowest BCUT2D eigenvalue weighted by molar-refractivity contribution is 0.471. The van der Waals surface area contributed by atoms with Gasteiger partial charge in [-0.25, -0.2) is 4.68 Å². The van der Waals surface area contributed by atoms with Crippen LogP contribution in [0.15, 0.2) is 65.4 Å². The van der Waals surface area contributed by atoms with Crippen molar-refractivity contribution < 1.29 is 5.11 Å². The molecule has 0 bridgehead atoms. The maximum atomic E-state index is 9.47. The van der Waals surface area contributed by atoms with E-state index in [-0.39, 0.29) is 5.75 Å². The number of phenols is 1. The van der Waals surface area contributed by atoms with E-state index < -0.39 is 0 Å². The fraction of sp³-hybridized carbons (Fsp3) is 0.0625. The lowest BCUT2D eigenvalue weighted by atomic mass is 10.2. The molecule has 4 nitrogen and oxygen atoms in total. The summed E-state index contributed by atoms with van der Waals surface area (Å²) in [5, 5.41) is 17.0. The van der Waals surface area contributed by atoms with Crippen molar-refractivity contribution in [3.8, 4) is 11.4 Å². The smallest absolute Gasteiger partial charge is 0.129 e. The van der Waals surface area contributed by atoms with Crippen molar-refractivity contribution in [2.75, 3.05) is 5.32 Å². The maximum Gasteiger partial charge on any atom is 0.129 e. The van der Waals surface area contributed by atoms with Gasteiger partial charge < -0.3 is 10.4 Å². The minimum atomic E-state index is 0.252. The van der Waals surface area contributed by atoms with Gasteiger partial charge in [0, 0.05) is 24.6 Å². The standard InChI is InChI=1S/C16H14BrN3O/c17-15-10-12(2-7-16(15)21)11-18-13-3-5-14(6-4-13)20-9-1-8-19-20/h1-10,18,21H,11H2. The van der Waals surface area contributed by atoms with Crippen molar-refractivity contribution in [2.24, 2.45) is 0 Å². The van der Waals surface area contributed by atoms with Gasteiger partial charge in [0.25, 0.3) is 0 Å². The van der Waals surface area contributed by atoms with Crippen molar-refractivity contribution in [2.45, 2.75) is 6.54 Å². The number of phenolic OH excluding ortho intramolecular Hbond substituents is 1. The Labute approximate surface area is 131 Å². The number of halogens is 1. The van der Waals surface area contributed by atoms with Gasteiger partial charge in [-0.1, -0.05) is 6.07 Å². The molecule has 0 unspecified atom stereocenters. The predicted molar refractivity (Wildman–Crippen MR) is 86.7 cm³/mol. The fourth-order valence-electron chi connectivity index (χ4n) is 2.02. The van der Waals surface area contributed by atoms with Gasteiger partial charge in [0.2, 0.25) is 0 Å². The zero-order chi connectivity index (χ0) is 14.7. The van der Waals surface area contributed by atoms with Gasteiger partial charge in [-0.05, 0) is 64.0 Å². The zero-order valence-corrected chi connectivity index (χ0v) is 12.8. The van der Waals surface area contributed by atoms with Crippen molar-refractivity contribution in [1.29, 1.82) is 0 Å². The lowest BCUT2D eigenvalue weighted by Gasteiger charge is -2.08. The molecule has 2 N–H and O–H groups in total. The minimum absolute atomic E-state index is 0.252. The van der Waals surface area contributed by atoms with Gasteiger partial charge in [0.15, 0.2) is 0 Å². The second kappa shape index (κ2) is 6.01. The molecule has 0 radical (unpaired) electrons. The number of aromatic hydroxyl groups is 1. The minimum Gasteiger partial charge on any atom is -0.507 e. The number of nitrogens with one attached hydrogen (secondary N) is 1. The van der Waals surface area contributed by atoms with E-state index >= 15 is 0 Å². The Morgan fingerprint density at radius 3 is 2.62 bits per heavy atom. The number of anilines is 1. The molecule has 0 spiro atoms. The normalized spacial score (nSPS) is 10.5. The van der Waals surface area contributed by atoms with Gasteiger partial charge in [-0.3, -0.25) is 0 Å². The van der Waals surface area contributed by atoms with Crippen LogP contribution in [0.25, 0.3) is 5.69 Å². The largest absolute Gasteiger partial charge is 0.507 e. The second-order valence-electron chi connectivity index (χ2n) is 4.64. The summed E-state index contributed by atoms with van der Waals surface area (Å²) in [4.78, 5) is 0. The molecule has 106 valence electrons. The van der Waals surface area contributed by atoms with Gasteiger partial charge in [-0.2, -0.15) is 5.10 Å². The molecule has 0 aliphatic rings. The quantitative estimate of drug-likeness (QED) is 0.753. The molecule has 0 atom stereocenters. The van der Waals surface area contributed by atoms with E-state index in [1.54, 1.807) is 12.3 Å². The number of nitrogens with zero attached hydrogens (tertiary/aromatic N) is 2. The average Bonchev–Trinajstić information content (AvgIpc) is 3.03. The summed E-state index contributed by atoms with van der Waals surface area (Å²) in [6.45, 7) is 0.694. The van der Waals surface area contributed by atoms with E-state index in [0.29, 0.717) is 11.0 Å². The van der Waals surface area contributed by atoms with Crippen LogP contribution in [0.1, 0.15) is 5.56 Å². The van der Waals surface area contributed by atoms with Crippen LogP contribution in [0.5, 0.6) is 5.75 Å². The molecule has 0 aliphatic carbocycles. The van der Waals surface area contributed by atoms with Crippen LogP contribution in [0.4, 0.5) is 5.69 Å². The third kappa shape index (κ3) is 3.25. The Bertz CT molecular complexity index is 724. The lowest BCUT2D eigenvalue weighted by Crippen LogP contribution is -2.00. The molecule has 2 aromatic carbocycles. The van der Waals surface area contributed by atoms with E-state index in [9.17, 15) is 5.11 Å². The van der Waals surface area contributed by atoms with Crippen LogP contribution in [-0.2, 0) is 6.54 Å². The average molecular weight is 344 g/mol. The van der Waals surface area contributed by atoms with Gasteiger partial charge >= 0.3 is 0 Å². The number of rotatable bonds is 4. The van der Waals surface area contributed by atoms with Crippen LogP contribution < -0.4 is 5.32 Å². The molecular weight excluding hydrogens is 330 g/mol. The number of benzene rings is 2. The van der Waals surface area contributed by atoms with Crippen LogP contribution >= 0.6 is 15.9 Å². The van der Waals surface area contributed by atoms with E-state index in [0.717, 1.165) is 16.9 Å². The molecule has 3 rings (SSSR count). The van der Waals surface area contributed by atoms with Crippen LogP contribution in [-0.4, -0.2) is 14.9 Å². The van der Waals surface area contributed by atoms with Gasteiger partial charge in [0.05, 0.1) is 10.2 Å². The summed E-state index contributed by atoms with van der Waals surface area (Å²) >= 11 is 3.32. The van der Waals surface area contributed by atoms with Gasteiger partial charge in [-0.15, -0.1) is 0 Å². The van der Waals surface area contributed by atoms with Crippen LogP contribution in [0.3, 0.4) is 0 Å². The topological polar surface area (TPSA) is 50.1 Å². The van der Waals surface area contributed by atoms with E-state index in [2.05, 4.69) is 26.3 Å². The summed E-state index contributed by atoms with van der Waals surface area (Å²) in [6.07, 6.45) is 3.67. The molecule has 3 aromatic rings. The molecule has 0 aliphatic heterocycles. The van der Waals surface area contributed by atoms with Crippen molar-refractivity contribution in [3.05, 3.63) is 71.0 Å². The first kappa shape index (κ1) is 13.7. The molecule has 21 heavy (non-hydrogen) atoms. The second-order valence-corrected chi connectivity index (χ2v) is 5.49. The highest BCUT2D eigenvalue weighted by Gasteiger charge is 2.00. The Morgan fingerprint density at radius 1 is 1.14 bits per heavy atom. The first-order valence-corrected chi connectivity index (χ1v) is 7.33. The molecule has 0 saturated heterocycles. The molecule has 1 heterocycles. The highest BCUT2D eigenvalue weighted by Crippen LogP contribution is 2.24. The fourth-order valence-corrected chi connectivity index (χ4v) is 2.44. The first-order chi connectivity index (χ1) is 10.2. The molecule has 0 amide bonds. The molecule has 0 saturated carbocycles. The number of aromatic nitrogens is 2. The summed E-state index contributed by atoms with van der Waals surface area (Å²) in [5.41, 5.74) is 3.16. The Morgan fingerprint density at radius 2 is 1.95 bits per heavy atom. The monoisotopic (exact) mass is 343 g/mol. The molecule has 0 fully saturated rings. The molecular formula is C16H14BrN3O. The number of hydrogen-bond acceptors (Lipinski definition) is 3.